The average molecular weight is 314 g/mol. The highest BCUT2D eigenvalue weighted by molar-refractivity contribution is 5.64. The maximum atomic E-state index is 11.0. The van der Waals surface area contributed by atoms with E-state index < -0.39 is 5.97 Å². The van der Waals surface area contributed by atoms with Gasteiger partial charge in [0.1, 0.15) is 25.5 Å². The van der Waals surface area contributed by atoms with E-state index in [1.54, 1.807) is 4.57 Å². The second-order valence-corrected chi connectivity index (χ2v) is 5.99. The maximum Gasteiger partial charge on any atom is 0.257 e. The fourth-order valence-corrected chi connectivity index (χ4v) is 2.88. The first kappa shape index (κ1) is 17.3. The van der Waals surface area contributed by atoms with E-state index in [4.69, 9.17) is 0 Å². The van der Waals surface area contributed by atoms with Gasteiger partial charge in [-0.25, -0.2) is 9.13 Å². The molecule has 0 bridgehead atoms. The lowest BCUT2D eigenvalue weighted by molar-refractivity contribution is -0.695. The quantitative estimate of drug-likeness (QED) is 0.498. The van der Waals surface area contributed by atoms with E-state index in [-0.39, 0.29) is 6.54 Å². The Morgan fingerprint density at radius 3 is 2.57 bits per heavy atom. The summed E-state index contributed by atoms with van der Waals surface area (Å²) in [6.45, 7) is 2.90. The molecule has 0 radical (unpaired) electrons. The summed E-state index contributed by atoms with van der Waals surface area (Å²) >= 11 is 0. The zero-order chi connectivity index (χ0) is 16.5. The molecule has 0 saturated carbocycles. The van der Waals surface area contributed by atoms with Crippen LogP contribution in [-0.2, 0) is 24.3 Å². The van der Waals surface area contributed by atoms with Crippen LogP contribution in [0.4, 0.5) is 0 Å². The molecule has 4 nitrogen and oxygen atoms in total. The van der Waals surface area contributed by atoms with Crippen LogP contribution >= 0.6 is 0 Å². The molecule has 23 heavy (non-hydrogen) atoms. The highest BCUT2D eigenvalue weighted by Gasteiger charge is 2.17. The summed E-state index contributed by atoms with van der Waals surface area (Å²) in [6.07, 6.45) is 10.7. The van der Waals surface area contributed by atoms with Crippen LogP contribution in [0.15, 0.2) is 42.7 Å². The zero-order valence-electron chi connectivity index (χ0n) is 13.9. The predicted molar refractivity (Wildman–Crippen MR) is 87.6 cm³/mol. The summed E-state index contributed by atoms with van der Waals surface area (Å²) in [5.41, 5.74) is 1.22. The molecule has 1 aromatic carbocycles. The van der Waals surface area contributed by atoms with Crippen LogP contribution in [0.3, 0.4) is 0 Å². The van der Waals surface area contributed by atoms with Crippen LogP contribution in [0.5, 0.6) is 0 Å². The smallest absolute Gasteiger partial charge is 0.257 e. The van der Waals surface area contributed by atoms with E-state index in [9.17, 15) is 9.90 Å². The molecule has 4 heteroatoms. The van der Waals surface area contributed by atoms with E-state index in [1.165, 1.54) is 31.2 Å². The van der Waals surface area contributed by atoms with E-state index >= 15 is 0 Å². The van der Waals surface area contributed by atoms with Crippen molar-refractivity contribution in [2.75, 3.05) is 0 Å². The molecule has 1 aromatic heterocycles. The molecular formula is C19H26N2O2. The van der Waals surface area contributed by atoms with Crippen LogP contribution in [-0.4, -0.2) is 10.5 Å². The summed E-state index contributed by atoms with van der Waals surface area (Å²) in [6, 6.07) is 10.2. The van der Waals surface area contributed by atoms with E-state index in [1.807, 2.05) is 30.6 Å². The first-order valence-electron chi connectivity index (χ1n) is 8.52. The molecule has 2 aromatic rings. The number of carbonyl (C=O) groups excluding carboxylic acids is 1. The molecule has 0 aliphatic heterocycles. The number of nitrogens with zero attached hydrogens (tertiary/aromatic N) is 2. The third kappa shape index (κ3) is 5.55. The number of benzene rings is 1. The Morgan fingerprint density at radius 1 is 1.13 bits per heavy atom. The molecule has 0 spiro atoms. The normalized spacial score (nSPS) is 10.8. The van der Waals surface area contributed by atoms with E-state index in [0.29, 0.717) is 0 Å². The third-order valence-corrected chi connectivity index (χ3v) is 4.09. The second kappa shape index (κ2) is 9.13. The molecule has 0 aliphatic rings. The van der Waals surface area contributed by atoms with Crippen molar-refractivity contribution in [1.29, 1.82) is 0 Å². The number of carbonyl (C=O) groups is 1. The van der Waals surface area contributed by atoms with Gasteiger partial charge in [0.15, 0.2) is 0 Å². The minimum absolute atomic E-state index is 0.0773. The van der Waals surface area contributed by atoms with Crippen LogP contribution in [0.25, 0.3) is 0 Å². The van der Waals surface area contributed by atoms with Crippen LogP contribution in [0, 0.1) is 0 Å². The number of carboxylic acids is 1. The Balaban J connectivity index is 2.07. The standard InChI is InChI=1S/C19H26N2O2/c1-2-3-4-5-9-12-18-20(13-14-21(18)16-19(22)23)15-17-10-7-6-8-11-17/h6-8,10-11,13-14H,2-5,9,12,15-16H2,1H3. The number of hydrogen-bond acceptors (Lipinski definition) is 2. The molecule has 0 aliphatic carbocycles. The van der Waals surface area contributed by atoms with E-state index in [2.05, 4.69) is 23.6 Å². The number of carboxylic acid groups (broad SMARTS) is 1. The summed E-state index contributed by atoms with van der Waals surface area (Å²) in [5, 5.41) is 11.0. The van der Waals surface area contributed by atoms with Gasteiger partial charge in [-0.2, -0.15) is 0 Å². The minimum atomic E-state index is -1.04. The molecule has 0 amide bonds. The first-order valence-corrected chi connectivity index (χ1v) is 8.52. The Labute approximate surface area is 138 Å². The number of hydrogen-bond donors (Lipinski definition) is 0. The fraction of sp³-hybridized carbons (Fsp3) is 0.474. The van der Waals surface area contributed by atoms with Crippen molar-refractivity contribution >= 4 is 5.97 Å². The highest BCUT2D eigenvalue weighted by Crippen LogP contribution is 2.08. The van der Waals surface area contributed by atoms with Gasteiger partial charge in [-0.1, -0.05) is 62.9 Å². The Bertz CT molecular complexity index is 605. The lowest BCUT2D eigenvalue weighted by Crippen LogP contribution is -2.39. The number of unbranched alkanes of at least 4 members (excludes halogenated alkanes) is 4. The van der Waals surface area contributed by atoms with Gasteiger partial charge in [-0.15, -0.1) is 0 Å². The van der Waals surface area contributed by atoms with Crippen LogP contribution in [0.2, 0.25) is 0 Å². The molecule has 124 valence electrons. The van der Waals surface area contributed by atoms with Gasteiger partial charge in [0.25, 0.3) is 5.82 Å². The Morgan fingerprint density at radius 2 is 1.87 bits per heavy atom. The zero-order valence-corrected chi connectivity index (χ0v) is 13.9. The monoisotopic (exact) mass is 314 g/mol. The third-order valence-electron chi connectivity index (χ3n) is 4.09. The maximum absolute atomic E-state index is 11.0. The van der Waals surface area contributed by atoms with Crippen LogP contribution in [0.1, 0.15) is 50.4 Å². The van der Waals surface area contributed by atoms with Gasteiger partial charge in [0, 0.05) is 6.42 Å². The van der Waals surface area contributed by atoms with Gasteiger partial charge in [0.05, 0.1) is 5.97 Å². The van der Waals surface area contributed by atoms with Gasteiger partial charge in [0.2, 0.25) is 0 Å². The lowest BCUT2D eigenvalue weighted by atomic mass is 10.1. The number of aliphatic carboxylic acids is 1. The predicted octanol–water partition coefficient (Wildman–Crippen LogP) is 2.09. The topological polar surface area (TPSA) is 48.9 Å². The van der Waals surface area contributed by atoms with Gasteiger partial charge >= 0.3 is 0 Å². The van der Waals surface area contributed by atoms with Gasteiger partial charge in [-0.3, -0.25) is 0 Å². The average Bonchev–Trinajstić information content (AvgIpc) is 2.89. The van der Waals surface area contributed by atoms with Crippen molar-refractivity contribution in [1.82, 2.24) is 4.57 Å². The largest absolute Gasteiger partial charge is 0.546 e. The first-order chi connectivity index (χ1) is 11.2. The molecule has 1 heterocycles. The fourth-order valence-electron chi connectivity index (χ4n) is 2.88. The highest BCUT2D eigenvalue weighted by atomic mass is 16.4. The van der Waals surface area contributed by atoms with Gasteiger partial charge in [-0.05, 0) is 12.0 Å². The van der Waals surface area contributed by atoms with Crippen molar-refractivity contribution in [3.8, 4) is 0 Å². The van der Waals surface area contributed by atoms with Crippen molar-refractivity contribution in [3.63, 3.8) is 0 Å². The summed E-state index contributed by atoms with van der Waals surface area (Å²) < 4.78 is 3.95. The molecule has 0 saturated heterocycles. The minimum Gasteiger partial charge on any atom is -0.546 e. The van der Waals surface area contributed by atoms with Crippen molar-refractivity contribution in [3.05, 3.63) is 54.1 Å². The summed E-state index contributed by atoms with van der Waals surface area (Å²) in [5.74, 6) is 0.0224. The number of imidazole rings is 1. The van der Waals surface area contributed by atoms with Gasteiger partial charge < -0.3 is 9.90 Å². The summed E-state index contributed by atoms with van der Waals surface area (Å²) in [7, 11) is 0. The molecule has 2 rings (SSSR count). The number of rotatable bonds is 10. The van der Waals surface area contributed by atoms with Crippen LogP contribution < -0.4 is 9.67 Å². The van der Waals surface area contributed by atoms with Crippen molar-refractivity contribution < 1.29 is 14.5 Å². The summed E-state index contributed by atoms with van der Waals surface area (Å²) in [4.78, 5) is 11.0. The lowest BCUT2D eigenvalue weighted by Gasteiger charge is -2.06. The Kier molecular flexibility index (Phi) is 6.85. The second-order valence-electron chi connectivity index (χ2n) is 5.99. The molecule has 0 atom stereocenters. The Hall–Kier alpha value is -2.10. The molecular weight excluding hydrogens is 288 g/mol. The SMILES string of the molecule is CCCCCCCc1n(CC(=O)[O-])cc[n+]1Cc1ccccc1. The van der Waals surface area contributed by atoms with E-state index in [0.717, 1.165) is 25.2 Å². The van der Waals surface area contributed by atoms with Crippen molar-refractivity contribution in [2.45, 2.75) is 58.5 Å². The van der Waals surface area contributed by atoms with Crippen molar-refractivity contribution in [2.24, 2.45) is 0 Å². The molecule has 0 unspecified atom stereocenters. The number of aromatic nitrogens is 2. The molecule has 0 fully saturated rings. The molecule has 0 N–H and O–H groups in total.